The van der Waals surface area contributed by atoms with Crippen LogP contribution in [0.5, 0.6) is 0 Å². The van der Waals surface area contributed by atoms with Crippen LogP contribution in [0.15, 0.2) is 12.3 Å². The molecule has 3 N–H and O–H groups in total. The van der Waals surface area contributed by atoms with Gasteiger partial charge in [-0.2, -0.15) is 0 Å². The molecule has 1 heterocycles. The SMILES string of the molecule is Cc1c[nH]c(B(O)O)c1. The van der Waals surface area contributed by atoms with Crippen molar-refractivity contribution in [1.29, 1.82) is 0 Å². The summed E-state index contributed by atoms with van der Waals surface area (Å²) in [5, 5.41) is 17.1. The summed E-state index contributed by atoms with van der Waals surface area (Å²) in [7, 11) is -1.38. The predicted molar refractivity (Wildman–Crippen MR) is 35.4 cm³/mol. The van der Waals surface area contributed by atoms with Gasteiger partial charge in [0.15, 0.2) is 0 Å². The Morgan fingerprint density at radius 2 is 2.22 bits per heavy atom. The first-order valence-electron chi connectivity index (χ1n) is 2.71. The molecule has 4 heteroatoms. The topological polar surface area (TPSA) is 56.2 Å². The molecule has 0 aliphatic heterocycles. The lowest BCUT2D eigenvalue weighted by Gasteiger charge is -1.89. The van der Waals surface area contributed by atoms with Crippen molar-refractivity contribution in [2.45, 2.75) is 6.92 Å². The molecule has 0 radical (unpaired) electrons. The van der Waals surface area contributed by atoms with Crippen molar-refractivity contribution in [3.63, 3.8) is 0 Å². The Balaban J connectivity index is 2.85. The lowest BCUT2D eigenvalue weighted by Crippen LogP contribution is -2.30. The first-order chi connectivity index (χ1) is 4.20. The maximum absolute atomic E-state index is 8.56. The number of rotatable bonds is 1. The fourth-order valence-electron chi connectivity index (χ4n) is 0.675. The zero-order valence-corrected chi connectivity index (χ0v) is 5.13. The van der Waals surface area contributed by atoms with Crippen LogP contribution in [0.3, 0.4) is 0 Å². The van der Waals surface area contributed by atoms with E-state index in [0.29, 0.717) is 5.59 Å². The Morgan fingerprint density at radius 3 is 2.44 bits per heavy atom. The van der Waals surface area contributed by atoms with Crippen molar-refractivity contribution in [1.82, 2.24) is 4.98 Å². The third-order valence-electron chi connectivity index (χ3n) is 1.13. The van der Waals surface area contributed by atoms with Crippen molar-refractivity contribution < 1.29 is 10.0 Å². The van der Waals surface area contributed by atoms with Crippen LogP contribution in [0.1, 0.15) is 5.56 Å². The van der Waals surface area contributed by atoms with E-state index in [4.69, 9.17) is 10.0 Å². The van der Waals surface area contributed by atoms with E-state index < -0.39 is 7.12 Å². The molecule has 0 aromatic carbocycles. The second-order valence-corrected chi connectivity index (χ2v) is 2.01. The van der Waals surface area contributed by atoms with Gasteiger partial charge < -0.3 is 15.0 Å². The minimum absolute atomic E-state index is 0.438. The molecule has 9 heavy (non-hydrogen) atoms. The molecule has 0 amide bonds. The Labute approximate surface area is 53.5 Å². The Morgan fingerprint density at radius 1 is 1.56 bits per heavy atom. The van der Waals surface area contributed by atoms with E-state index >= 15 is 0 Å². The third-order valence-corrected chi connectivity index (χ3v) is 1.13. The third kappa shape index (κ3) is 1.34. The van der Waals surface area contributed by atoms with Crippen molar-refractivity contribution in [3.8, 4) is 0 Å². The van der Waals surface area contributed by atoms with Crippen LogP contribution >= 0.6 is 0 Å². The maximum atomic E-state index is 8.56. The van der Waals surface area contributed by atoms with Crippen LogP contribution in [0.2, 0.25) is 0 Å². The van der Waals surface area contributed by atoms with Gasteiger partial charge in [-0.1, -0.05) is 0 Å². The maximum Gasteiger partial charge on any atom is 0.505 e. The summed E-state index contributed by atoms with van der Waals surface area (Å²) in [6.45, 7) is 1.88. The van der Waals surface area contributed by atoms with E-state index in [1.165, 1.54) is 0 Å². The lowest BCUT2D eigenvalue weighted by molar-refractivity contribution is 0.424. The largest absolute Gasteiger partial charge is 0.505 e. The van der Waals surface area contributed by atoms with Gasteiger partial charge in [-0.05, 0) is 18.6 Å². The summed E-state index contributed by atoms with van der Waals surface area (Å²) in [4.78, 5) is 2.70. The van der Waals surface area contributed by atoms with Crippen molar-refractivity contribution in [3.05, 3.63) is 17.8 Å². The summed E-state index contributed by atoms with van der Waals surface area (Å²) in [5.41, 5.74) is 1.44. The molecule has 0 spiro atoms. The molecule has 0 bridgehead atoms. The summed E-state index contributed by atoms with van der Waals surface area (Å²) in [6, 6.07) is 1.69. The Bertz CT molecular complexity index is 197. The predicted octanol–water partition coefficient (Wildman–Crippen LogP) is -0.997. The van der Waals surface area contributed by atoms with E-state index in [2.05, 4.69) is 4.98 Å². The molecule has 3 nitrogen and oxygen atoms in total. The molecule has 0 saturated heterocycles. The molecule has 0 aliphatic carbocycles. The van der Waals surface area contributed by atoms with Crippen LogP contribution in [0.4, 0.5) is 0 Å². The molecular formula is C5H8BNO2. The summed E-state index contributed by atoms with van der Waals surface area (Å²) >= 11 is 0. The van der Waals surface area contributed by atoms with Crippen LogP contribution in [-0.4, -0.2) is 22.2 Å². The van der Waals surface area contributed by atoms with E-state index in [0.717, 1.165) is 5.56 Å². The zero-order valence-electron chi connectivity index (χ0n) is 5.13. The van der Waals surface area contributed by atoms with Crippen molar-refractivity contribution in [2.24, 2.45) is 0 Å². The normalized spacial score (nSPS) is 9.67. The number of H-pyrrole nitrogens is 1. The van der Waals surface area contributed by atoms with Crippen LogP contribution < -0.4 is 5.59 Å². The number of hydrogen-bond acceptors (Lipinski definition) is 2. The molecule has 0 unspecified atom stereocenters. The minimum Gasteiger partial charge on any atom is -0.422 e. The van der Waals surface area contributed by atoms with Gasteiger partial charge in [0, 0.05) is 11.8 Å². The van der Waals surface area contributed by atoms with Gasteiger partial charge in [-0.3, -0.25) is 0 Å². The number of nitrogens with one attached hydrogen (secondary N) is 1. The van der Waals surface area contributed by atoms with Gasteiger partial charge >= 0.3 is 7.12 Å². The van der Waals surface area contributed by atoms with Crippen LogP contribution in [0, 0.1) is 6.92 Å². The highest BCUT2D eigenvalue weighted by Crippen LogP contribution is 1.89. The van der Waals surface area contributed by atoms with Gasteiger partial charge in [0.05, 0.1) is 0 Å². The van der Waals surface area contributed by atoms with Crippen LogP contribution in [0.25, 0.3) is 0 Å². The van der Waals surface area contributed by atoms with E-state index in [1.54, 1.807) is 12.3 Å². The minimum atomic E-state index is -1.38. The lowest BCUT2D eigenvalue weighted by atomic mass is 9.86. The number of aryl methyl sites for hydroxylation is 1. The number of hydrogen-bond donors (Lipinski definition) is 3. The monoisotopic (exact) mass is 125 g/mol. The molecule has 0 saturated carbocycles. The van der Waals surface area contributed by atoms with Gasteiger partial charge in [0.1, 0.15) is 0 Å². The molecule has 0 aliphatic rings. The highest BCUT2D eigenvalue weighted by Gasteiger charge is 2.10. The summed E-state index contributed by atoms with van der Waals surface area (Å²) < 4.78 is 0. The molecule has 0 atom stereocenters. The zero-order chi connectivity index (χ0) is 6.85. The quantitative estimate of drug-likeness (QED) is 0.421. The molecule has 1 aromatic rings. The molecule has 0 fully saturated rings. The Kier molecular flexibility index (Phi) is 1.59. The fraction of sp³-hybridized carbons (Fsp3) is 0.200. The first kappa shape index (κ1) is 6.39. The van der Waals surface area contributed by atoms with E-state index in [9.17, 15) is 0 Å². The molecule has 1 rings (SSSR count). The number of aromatic nitrogens is 1. The van der Waals surface area contributed by atoms with E-state index in [-0.39, 0.29) is 0 Å². The second kappa shape index (κ2) is 2.25. The smallest absolute Gasteiger partial charge is 0.422 e. The van der Waals surface area contributed by atoms with Gasteiger partial charge in [0.2, 0.25) is 0 Å². The number of aromatic amines is 1. The second-order valence-electron chi connectivity index (χ2n) is 2.01. The highest BCUT2D eigenvalue weighted by molar-refractivity contribution is 6.57. The van der Waals surface area contributed by atoms with Crippen molar-refractivity contribution in [2.75, 3.05) is 0 Å². The average molecular weight is 125 g/mol. The fourth-order valence-corrected chi connectivity index (χ4v) is 0.675. The average Bonchev–Trinajstić information content (AvgIpc) is 2.14. The van der Waals surface area contributed by atoms with Gasteiger partial charge in [-0.15, -0.1) is 0 Å². The standard InChI is InChI=1S/C5H8BNO2/c1-4-2-5(6(8)9)7-3-4/h2-3,7-9H,1H3. The Hall–Kier alpha value is -0.735. The van der Waals surface area contributed by atoms with Gasteiger partial charge in [0.25, 0.3) is 0 Å². The molecule has 1 aromatic heterocycles. The summed E-state index contributed by atoms with van der Waals surface area (Å²) in [6.07, 6.45) is 1.72. The molecular weight excluding hydrogens is 117 g/mol. The summed E-state index contributed by atoms with van der Waals surface area (Å²) in [5.74, 6) is 0. The van der Waals surface area contributed by atoms with Crippen molar-refractivity contribution >= 4 is 12.7 Å². The highest BCUT2D eigenvalue weighted by atomic mass is 16.4. The van der Waals surface area contributed by atoms with Crippen LogP contribution in [-0.2, 0) is 0 Å². The first-order valence-corrected chi connectivity index (χ1v) is 2.71. The van der Waals surface area contributed by atoms with E-state index in [1.807, 2.05) is 6.92 Å². The molecule has 48 valence electrons. The van der Waals surface area contributed by atoms with Gasteiger partial charge in [-0.25, -0.2) is 0 Å².